The van der Waals surface area contributed by atoms with Gasteiger partial charge in [-0.1, -0.05) is 56.0 Å². The molecule has 0 bridgehead atoms. The van der Waals surface area contributed by atoms with Gasteiger partial charge in [-0.3, -0.25) is 0 Å². The van der Waals surface area contributed by atoms with Crippen LogP contribution in [-0.4, -0.2) is 22.8 Å². The molecule has 3 aromatic rings. The average Bonchev–Trinajstić information content (AvgIpc) is 2.90. The van der Waals surface area contributed by atoms with Gasteiger partial charge in [-0.25, -0.2) is 9.78 Å². The van der Waals surface area contributed by atoms with Crippen LogP contribution in [0.2, 0.25) is 0 Å². The summed E-state index contributed by atoms with van der Waals surface area (Å²) in [6.45, 7) is 0.711. The lowest BCUT2D eigenvalue weighted by Gasteiger charge is -2.20. The standard InChI is InChI=1S/C23H27N3O3/c1-28-23(27)29-19-13-14-21-20(15-19)25-22(24-16-17-9-5-4-6-10-17)26(21)18-11-7-2-3-8-12-18/h4-6,9-10,13-15,18H,2-3,7-8,11-12,16H2,1H3,(H,24,25). The zero-order chi connectivity index (χ0) is 20.1. The molecular formula is C23H27N3O3. The van der Waals surface area contributed by atoms with E-state index in [1.807, 2.05) is 24.3 Å². The summed E-state index contributed by atoms with van der Waals surface area (Å²) in [5.74, 6) is 1.30. The van der Waals surface area contributed by atoms with E-state index in [0.29, 0.717) is 18.3 Å². The number of nitrogens with one attached hydrogen (secondary N) is 1. The predicted molar refractivity (Wildman–Crippen MR) is 113 cm³/mol. The summed E-state index contributed by atoms with van der Waals surface area (Å²) in [5, 5.41) is 3.53. The second kappa shape index (κ2) is 8.99. The quantitative estimate of drug-likeness (QED) is 0.343. The molecule has 0 radical (unpaired) electrons. The van der Waals surface area contributed by atoms with Crippen LogP contribution >= 0.6 is 0 Å². The van der Waals surface area contributed by atoms with E-state index in [0.717, 1.165) is 29.8 Å². The lowest BCUT2D eigenvalue weighted by Crippen LogP contribution is -2.13. The fraction of sp³-hybridized carbons (Fsp3) is 0.391. The number of benzene rings is 2. The maximum atomic E-state index is 11.5. The highest BCUT2D eigenvalue weighted by Crippen LogP contribution is 2.34. The van der Waals surface area contributed by atoms with E-state index in [9.17, 15) is 4.79 Å². The Balaban J connectivity index is 1.68. The van der Waals surface area contributed by atoms with Gasteiger partial charge in [0.15, 0.2) is 0 Å². The summed E-state index contributed by atoms with van der Waals surface area (Å²) in [7, 11) is 1.30. The highest BCUT2D eigenvalue weighted by molar-refractivity contribution is 5.81. The molecule has 1 N–H and O–H groups in total. The van der Waals surface area contributed by atoms with Gasteiger partial charge in [-0.2, -0.15) is 0 Å². The Bertz CT molecular complexity index is 960. The Morgan fingerprint density at radius 2 is 1.86 bits per heavy atom. The first-order valence-corrected chi connectivity index (χ1v) is 10.3. The molecule has 152 valence electrons. The van der Waals surface area contributed by atoms with Crippen molar-refractivity contribution in [3.05, 3.63) is 54.1 Å². The van der Waals surface area contributed by atoms with Gasteiger partial charge in [0.25, 0.3) is 0 Å². The summed E-state index contributed by atoms with van der Waals surface area (Å²) < 4.78 is 12.1. The first-order valence-electron chi connectivity index (χ1n) is 10.3. The van der Waals surface area contributed by atoms with Crippen molar-refractivity contribution in [1.82, 2.24) is 9.55 Å². The Morgan fingerprint density at radius 1 is 1.10 bits per heavy atom. The molecular weight excluding hydrogens is 366 g/mol. The van der Waals surface area contributed by atoms with Crippen molar-refractivity contribution in [2.45, 2.75) is 51.1 Å². The van der Waals surface area contributed by atoms with Gasteiger partial charge in [0.05, 0.1) is 18.1 Å². The molecule has 0 saturated heterocycles. The summed E-state index contributed by atoms with van der Waals surface area (Å²) in [5.41, 5.74) is 3.08. The maximum Gasteiger partial charge on any atom is 0.513 e. The van der Waals surface area contributed by atoms with Crippen molar-refractivity contribution in [3.63, 3.8) is 0 Å². The van der Waals surface area contributed by atoms with Crippen LogP contribution in [0.25, 0.3) is 11.0 Å². The molecule has 0 unspecified atom stereocenters. The normalized spacial score (nSPS) is 15.1. The maximum absolute atomic E-state index is 11.5. The van der Waals surface area contributed by atoms with Gasteiger partial charge in [0.2, 0.25) is 5.95 Å². The largest absolute Gasteiger partial charge is 0.513 e. The number of anilines is 1. The number of carbonyl (C=O) groups is 1. The van der Waals surface area contributed by atoms with Gasteiger partial charge >= 0.3 is 6.16 Å². The van der Waals surface area contributed by atoms with Crippen LogP contribution in [0.5, 0.6) is 5.75 Å². The average molecular weight is 393 g/mol. The summed E-state index contributed by atoms with van der Waals surface area (Å²) >= 11 is 0. The number of methoxy groups -OCH3 is 1. The van der Waals surface area contributed by atoms with E-state index < -0.39 is 6.16 Å². The Kier molecular flexibility index (Phi) is 5.98. The highest BCUT2D eigenvalue weighted by atomic mass is 16.7. The number of carbonyl (C=O) groups excluding carboxylic acids is 1. The van der Waals surface area contributed by atoms with Gasteiger partial charge in [-0.05, 0) is 30.5 Å². The zero-order valence-corrected chi connectivity index (χ0v) is 16.8. The lowest BCUT2D eigenvalue weighted by molar-refractivity contribution is 0.121. The molecule has 1 aliphatic carbocycles. The Hall–Kier alpha value is -3.02. The van der Waals surface area contributed by atoms with Crippen molar-refractivity contribution >= 4 is 23.1 Å². The SMILES string of the molecule is COC(=O)Oc1ccc2c(c1)nc(NCc1ccccc1)n2C1CCCCCC1. The highest BCUT2D eigenvalue weighted by Gasteiger charge is 2.21. The van der Waals surface area contributed by atoms with E-state index in [1.165, 1.54) is 38.4 Å². The number of aromatic nitrogens is 2. The van der Waals surface area contributed by atoms with Crippen LogP contribution in [0, 0.1) is 0 Å². The van der Waals surface area contributed by atoms with Gasteiger partial charge < -0.3 is 19.4 Å². The first-order chi connectivity index (χ1) is 14.2. The topological polar surface area (TPSA) is 65.4 Å². The Labute approximate surface area is 170 Å². The summed E-state index contributed by atoms with van der Waals surface area (Å²) in [4.78, 5) is 16.3. The van der Waals surface area contributed by atoms with Gasteiger partial charge in [0.1, 0.15) is 5.75 Å². The minimum Gasteiger partial charge on any atom is -0.437 e. The summed E-state index contributed by atoms with van der Waals surface area (Å²) in [6.07, 6.45) is 6.67. The summed E-state index contributed by atoms with van der Waals surface area (Å²) in [6, 6.07) is 16.3. The van der Waals surface area contributed by atoms with Crippen LogP contribution in [0.15, 0.2) is 48.5 Å². The second-order valence-electron chi connectivity index (χ2n) is 7.50. The molecule has 29 heavy (non-hydrogen) atoms. The molecule has 1 aliphatic rings. The molecule has 1 fully saturated rings. The number of imidazole rings is 1. The van der Waals surface area contributed by atoms with Crippen molar-refractivity contribution in [2.24, 2.45) is 0 Å². The van der Waals surface area contributed by atoms with Crippen LogP contribution in [0.4, 0.5) is 10.7 Å². The number of hydrogen-bond donors (Lipinski definition) is 1. The molecule has 6 heteroatoms. The molecule has 2 aromatic carbocycles. The van der Waals surface area contributed by atoms with E-state index in [1.54, 1.807) is 12.1 Å². The minimum absolute atomic E-state index is 0.424. The third-order valence-electron chi connectivity index (χ3n) is 5.51. The third kappa shape index (κ3) is 4.53. The van der Waals surface area contributed by atoms with Crippen LogP contribution < -0.4 is 10.1 Å². The number of fused-ring (bicyclic) bond motifs is 1. The molecule has 0 aliphatic heterocycles. The minimum atomic E-state index is -0.727. The fourth-order valence-electron chi connectivity index (χ4n) is 4.07. The van der Waals surface area contributed by atoms with Crippen molar-refractivity contribution in [3.8, 4) is 5.75 Å². The fourth-order valence-corrected chi connectivity index (χ4v) is 4.07. The molecule has 6 nitrogen and oxygen atoms in total. The number of rotatable bonds is 5. The third-order valence-corrected chi connectivity index (χ3v) is 5.51. The van der Waals surface area contributed by atoms with Crippen molar-refractivity contribution < 1.29 is 14.3 Å². The molecule has 0 amide bonds. The molecule has 0 spiro atoms. The molecule has 0 atom stereocenters. The van der Waals surface area contributed by atoms with E-state index in [-0.39, 0.29) is 0 Å². The smallest absolute Gasteiger partial charge is 0.437 e. The van der Waals surface area contributed by atoms with Crippen molar-refractivity contribution in [1.29, 1.82) is 0 Å². The second-order valence-corrected chi connectivity index (χ2v) is 7.50. The van der Waals surface area contributed by atoms with Gasteiger partial charge in [-0.15, -0.1) is 0 Å². The van der Waals surface area contributed by atoms with Crippen LogP contribution in [0.3, 0.4) is 0 Å². The lowest BCUT2D eigenvalue weighted by atomic mass is 10.1. The van der Waals surface area contributed by atoms with E-state index >= 15 is 0 Å². The molecule has 1 aromatic heterocycles. The monoisotopic (exact) mass is 393 g/mol. The van der Waals surface area contributed by atoms with E-state index in [4.69, 9.17) is 9.72 Å². The van der Waals surface area contributed by atoms with Crippen molar-refractivity contribution in [2.75, 3.05) is 12.4 Å². The number of nitrogens with zero attached hydrogens (tertiary/aromatic N) is 2. The zero-order valence-electron chi connectivity index (χ0n) is 16.8. The molecule has 1 heterocycles. The molecule has 4 rings (SSSR count). The van der Waals surface area contributed by atoms with Crippen LogP contribution in [-0.2, 0) is 11.3 Å². The van der Waals surface area contributed by atoms with Crippen LogP contribution in [0.1, 0.15) is 50.1 Å². The van der Waals surface area contributed by atoms with Gasteiger partial charge in [0, 0.05) is 18.7 Å². The predicted octanol–water partition coefficient (Wildman–Crippen LogP) is 5.69. The van der Waals surface area contributed by atoms with E-state index in [2.05, 4.69) is 26.8 Å². The first kappa shape index (κ1) is 19.3. The number of ether oxygens (including phenoxy) is 2. The Morgan fingerprint density at radius 3 is 2.59 bits per heavy atom. The molecule has 1 saturated carbocycles. The number of hydrogen-bond acceptors (Lipinski definition) is 5.